The van der Waals surface area contributed by atoms with Crippen LogP contribution >= 0.6 is 46.0 Å². The number of ether oxygens (including phenoxy) is 1. The molecular formula is C18H20ClN3O3S3. The molecular weight excluding hydrogens is 438 g/mol. The van der Waals surface area contributed by atoms with E-state index in [1.165, 1.54) is 27.8 Å². The van der Waals surface area contributed by atoms with E-state index in [1.807, 2.05) is 26.8 Å². The highest BCUT2D eigenvalue weighted by molar-refractivity contribution is 8.01. The highest BCUT2D eigenvalue weighted by Crippen LogP contribution is 2.34. The quantitative estimate of drug-likeness (QED) is 0.387. The summed E-state index contributed by atoms with van der Waals surface area (Å²) in [5, 5.41) is 5.67. The van der Waals surface area contributed by atoms with E-state index in [4.69, 9.17) is 16.3 Å². The minimum atomic E-state index is -0.213. The second-order valence-electron chi connectivity index (χ2n) is 6.99. The molecule has 0 saturated carbocycles. The van der Waals surface area contributed by atoms with E-state index in [1.54, 1.807) is 13.0 Å². The Labute approximate surface area is 179 Å². The van der Waals surface area contributed by atoms with Gasteiger partial charge in [-0.15, -0.1) is 11.3 Å². The van der Waals surface area contributed by atoms with Crippen LogP contribution in [0, 0.1) is 0 Å². The number of thioether (sulfide) groups is 1. The Bertz CT molecular complexity index is 1070. The Hall–Kier alpha value is -1.42. The molecule has 1 aromatic carbocycles. The van der Waals surface area contributed by atoms with E-state index >= 15 is 0 Å². The first-order valence-corrected chi connectivity index (χ1v) is 11.7. The zero-order chi connectivity index (χ0) is 20.5. The number of carbonyl (C=O) groups is 1. The van der Waals surface area contributed by atoms with Crippen LogP contribution in [0.2, 0.25) is 5.02 Å². The van der Waals surface area contributed by atoms with Crippen molar-refractivity contribution >= 4 is 62.2 Å². The molecule has 28 heavy (non-hydrogen) atoms. The summed E-state index contributed by atoms with van der Waals surface area (Å²) in [6.45, 7) is 8.22. The Kier molecular flexibility index (Phi) is 6.48. The van der Waals surface area contributed by atoms with Crippen LogP contribution in [0.3, 0.4) is 0 Å². The maximum absolute atomic E-state index is 12.4. The van der Waals surface area contributed by atoms with Crippen molar-refractivity contribution in [2.75, 3.05) is 12.4 Å². The van der Waals surface area contributed by atoms with Gasteiger partial charge in [0.2, 0.25) is 0 Å². The lowest BCUT2D eigenvalue weighted by Crippen LogP contribution is -2.14. The number of esters is 1. The summed E-state index contributed by atoms with van der Waals surface area (Å²) in [5.41, 5.74) is 1.06. The van der Waals surface area contributed by atoms with E-state index in [0.29, 0.717) is 29.5 Å². The predicted molar refractivity (Wildman–Crippen MR) is 117 cm³/mol. The van der Waals surface area contributed by atoms with Crippen molar-refractivity contribution in [1.29, 1.82) is 0 Å². The summed E-state index contributed by atoms with van der Waals surface area (Å²) in [6, 6.07) is 3.60. The molecule has 0 aliphatic rings. The molecule has 0 radical (unpaired) electrons. The lowest BCUT2D eigenvalue weighted by atomic mass is 9.98. The molecule has 2 heterocycles. The molecule has 2 aromatic heterocycles. The third-order valence-corrected chi connectivity index (χ3v) is 7.39. The van der Waals surface area contributed by atoms with Gasteiger partial charge in [0.15, 0.2) is 4.34 Å². The fourth-order valence-corrected chi connectivity index (χ4v) is 5.54. The van der Waals surface area contributed by atoms with Crippen molar-refractivity contribution in [3.05, 3.63) is 31.8 Å². The minimum Gasteiger partial charge on any atom is -0.466 e. The Balaban J connectivity index is 1.86. The van der Waals surface area contributed by atoms with Crippen LogP contribution < -0.4 is 4.87 Å². The van der Waals surface area contributed by atoms with Crippen LogP contribution in [0.25, 0.3) is 15.9 Å². The number of carbonyl (C=O) groups excluding carboxylic acids is 1. The maximum Gasteiger partial charge on any atom is 0.329 e. The van der Waals surface area contributed by atoms with E-state index in [2.05, 4.69) is 10.1 Å². The SMILES string of the molecule is CCOC(=O)CCSc1nc2cc(-n3nc(C(C)(C)C)sc3=O)c(Cl)cc2s1. The van der Waals surface area contributed by atoms with Crippen LogP contribution in [-0.2, 0) is 14.9 Å². The summed E-state index contributed by atoms with van der Waals surface area (Å²) >= 11 is 10.6. The number of fused-ring (bicyclic) bond motifs is 1. The molecule has 3 aromatic rings. The normalized spacial score (nSPS) is 11.9. The molecule has 0 bridgehead atoms. The van der Waals surface area contributed by atoms with E-state index in [-0.39, 0.29) is 16.3 Å². The molecule has 0 spiro atoms. The van der Waals surface area contributed by atoms with Crippen molar-refractivity contribution in [2.45, 2.75) is 43.9 Å². The Morgan fingerprint density at radius 1 is 1.32 bits per heavy atom. The van der Waals surface area contributed by atoms with E-state index in [0.717, 1.165) is 30.9 Å². The first kappa shape index (κ1) is 21.3. The zero-order valence-corrected chi connectivity index (χ0v) is 19.2. The number of benzene rings is 1. The van der Waals surface area contributed by atoms with Gasteiger partial charge in [-0.3, -0.25) is 9.59 Å². The van der Waals surface area contributed by atoms with Gasteiger partial charge in [0, 0.05) is 11.2 Å². The smallest absolute Gasteiger partial charge is 0.329 e. The molecule has 6 nitrogen and oxygen atoms in total. The maximum atomic E-state index is 12.4. The van der Waals surface area contributed by atoms with Gasteiger partial charge in [0.1, 0.15) is 5.01 Å². The number of aromatic nitrogens is 3. The Morgan fingerprint density at radius 2 is 2.07 bits per heavy atom. The first-order chi connectivity index (χ1) is 13.2. The van der Waals surface area contributed by atoms with Crippen LogP contribution in [0.15, 0.2) is 21.3 Å². The molecule has 0 atom stereocenters. The molecule has 10 heteroatoms. The molecule has 0 fully saturated rings. The average molecular weight is 458 g/mol. The van der Waals surface area contributed by atoms with Crippen molar-refractivity contribution < 1.29 is 9.53 Å². The standard InChI is InChI=1S/C18H20ClN3O3S3/c1-5-25-14(23)6-7-26-16-20-11-9-12(10(19)8-13(11)27-16)22-17(24)28-15(21-22)18(2,3)4/h8-9H,5-7H2,1-4H3. The Morgan fingerprint density at radius 3 is 2.71 bits per heavy atom. The lowest BCUT2D eigenvalue weighted by Gasteiger charge is -2.12. The van der Waals surface area contributed by atoms with Gasteiger partial charge in [-0.25, -0.2) is 4.98 Å². The summed E-state index contributed by atoms with van der Waals surface area (Å²) in [5.74, 6) is 0.388. The lowest BCUT2D eigenvalue weighted by molar-refractivity contribution is -0.142. The van der Waals surface area contributed by atoms with Gasteiger partial charge < -0.3 is 4.74 Å². The fraction of sp³-hybridized carbons (Fsp3) is 0.444. The topological polar surface area (TPSA) is 74.1 Å². The molecule has 0 saturated heterocycles. The second-order valence-corrected chi connectivity index (χ2v) is 10.7. The van der Waals surface area contributed by atoms with Crippen molar-refractivity contribution in [2.24, 2.45) is 0 Å². The summed E-state index contributed by atoms with van der Waals surface area (Å²) in [7, 11) is 0. The largest absolute Gasteiger partial charge is 0.466 e. The number of thiazole rings is 1. The summed E-state index contributed by atoms with van der Waals surface area (Å²) in [6.07, 6.45) is 0.338. The number of rotatable bonds is 6. The van der Waals surface area contributed by atoms with Crippen LogP contribution in [0.4, 0.5) is 0 Å². The van der Waals surface area contributed by atoms with Gasteiger partial charge in [-0.1, -0.05) is 55.5 Å². The highest BCUT2D eigenvalue weighted by Gasteiger charge is 2.22. The molecule has 0 amide bonds. The molecule has 0 aliphatic heterocycles. The molecule has 150 valence electrons. The number of nitrogens with zero attached hydrogens (tertiary/aromatic N) is 3. The van der Waals surface area contributed by atoms with Crippen molar-refractivity contribution in [3.63, 3.8) is 0 Å². The van der Waals surface area contributed by atoms with Crippen molar-refractivity contribution in [3.8, 4) is 5.69 Å². The van der Waals surface area contributed by atoms with Gasteiger partial charge >= 0.3 is 10.8 Å². The highest BCUT2D eigenvalue weighted by atomic mass is 35.5. The number of hydrogen-bond acceptors (Lipinski definition) is 8. The van der Waals surface area contributed by atoms with Gasteiger partial charge in [0.05, 0.1) is 34.0 Å². The number of hydrogen-bond donors (Lipinski definition) is 0. The van der Waals surface area contributed by atoms with Crippen LogP contribution in [-0.4, -0.2) is 33.1 Å². The van der Waals surface area contributed by atoms with E-state index in [9.17, 15) is 9.59 Å². The van der Waals surface area contributed by atoms with Crippen molar-refractivity contribution in [1.82, 2.24) is 14.8 Å². The van der Waals surface area contributed by atoms with Crippen LogP contribution in [0.5, 0.6) is 0 Å². The number of halogens is 1. The monoisotopic (exact) mass is 457 g/mol. The fourth-order valence-electron chi connectivity index (χ4n) is 2.33. The molecule has 0 aliphatic carbocycles. The first-order valence-electron chi connectivity index (χ1n) is 8.68. The van der Waals surface area contributed by atoms with Gasteiger partial charge in [0.25, 0.3) is 0 Å². The predicted octanol–water partition coefficient (Wildman–Crippen LogP) is 4.90. The van der Waals surface area contributed by atoms with Gasteiger partial charge in [-0.05, 0) is 19.1 Å². The summed E-state index contributed by atoms with van der Waals surface area (Å²) < 4.78 is 8.04. The zero-order valence-electron chi connectivity index (χ0n) is 15.9. The van der Waals surface area contributed by atoms with Crippen LogP contribution in [0.1, 0.15) is 39.1 Å². The average Bonchev–Trinajstić information content (AvgIpc) is 3.16. The molecule has 3 rings (SSSR count). The summed E-state index contributed by atoms with van der Waals surface area (Å²) in [4.78, 5) is 28.3. The second kappa shape index (κ2) is 8.52. The molecule has 0 unspecified atom stereocenters. The third-order valence-electron chi connectivity index (χ3n) is 3.69. The third kappa shape index (κ3) is 4.76. The van der Waals surface area contributed by atoms with Gasteiger partial charge in [-0.2, -0.15) is 9.78 Å². The van der Waals surface area contributed by atoms with E-state index < -0.39 is 0 Å². The minimum absolute atomic E-state index is 0.176. The molecule has 0 N–H and O–H groups in total.